The van der Waals surface area contributed by atoms with Crippen molar-refractivity contribution in [1.29, 1.82) is 0 Å². The molecule has 0 unspecified atom stereocenters. The Morgan fingerprint density at radius 2 is 1.78 bits per heavy atom. The molecule has 1 aliphatic heterocycles. The van der Waals surface area contributed by atoms with Gasteiger partial charge in [-0.3, -0.25) is 4.57 Å². The number of aromatic nitrogens is 4. The van der Waals surface area contributed by atoms with Crippen LogP contribution in [0.3, 0.4) is 0 Å². The maximum atomic E-state index is 13.9. The second-order valence-corrected chi connectivity index (χ2v) is 8.36. The number of rotatable bonds is 5. The van der Waals surface area contributed by atoms with E-state index in [1.54, 1.807) is 24.3 Å². The molecular weight excluding hydrogens is 416 g/mol. The van der Waals surface area contributed by atoms with E-state index in [2.05, 4.69) is 25.2 Å². The number of nitrogens with zero attached hydrogens (tertiary/aromatic N) is 5. The van der Waals surface area contributed by atoms with Gasteiger partial charge in [-0.2, -0.15) is 9.97 Å². The third-order valence-corrected chi connectivity index (χ3v) is 6.14. The lowest BCUT2D eigenvalue weighted by atomic mass is 9.92. The van der Waals surface area contributed by atoms with E-state index in [1.165, 1.54) is 4.57 Å². The normalized spacial score (nSPS) is 21.9. The number of fused-ring (bicyclic) bond motifs is 1. The highest BCUT2D eigenvalue weighted by atomic mass is 19.3. The second kappa shape index (κ2) is 8.95. The van der Waals surface area contributed by atoms with Crippen LogP contribution in [0.5, 0.6) is 0 Å². The molecular formula is C22H27F2N7O. The van der Waals surface area contributed by atoms with Crippen LogP contribution < -0.4 is 16.0 Å². The number of halogens is 2. The van der Waals surface area contributed by atoms with Crippen molar-refractivity contribution in [3.05, 3.63) is 36.2 Å². The standard InChI is InChI=1S/C22H27F2N7O/c23-20(24)21-27-16-3-1-2-4-17(16)31(21)22-28-18(26-15-7-5-14(25)6-8-15)13-19(29-22)30-9-11-32-12-10-30/h1-4,13-15,20H,5-12,25H2,(H,26,28,29). The van der Waals surface area contributed by atoms with E-state index in [0.717, 1.165) is 25.7 Å². The van der Waals surface area contributed by atoms with E-state index in [9.17, 15) is 8.78 Å². The quantitative estimate of drug-likeness (QED) is 0.625. The summed E-state index contributed by atoms with van der Waals surface area (Å²) >= 11 is 0. The van der Waals surface area contributed by atoms with Gasteiger partial charge < -0.3 is 20.7 Å². The molecule has 10 heteroatoms. The van der Waals surface area contributed by atoms with E-state index in [4.69, 9.17) is 10.5 Å². The largest absolute Gasteiger partial charge is 0.378 e. The second-order valence-electron chi connectivity index (χ2n) is 8.36. The fraction of sp³-hybridized carbons (Fsp3) is 0.500. The smallest absolute Gasteiger partial charge is 0.296 e. The van der Waals surface area contributed by atoms with Crippen molar-refractivity contribution >= 4 is 22.7 Å². The van der Waals surface area contributed by atoms with Crippen molar-refractivity contribution in [3.8, 4) is 5.95 Å². The number of para-hydroxylation sites is 2. The number of morpholine rings is 1. The summed E-state index contributed by atoms with van der Waals surface area (Å²) in [5.41, 5.74) is 7.08. The molecule has 1 saturated carbocycles. The van der Waals surface area contributed by atoms with E-state index in [1.807, 2.05) is 6.07 Å². The summed E-state index contributed by atoms with van der Waals surface area (Å²) in [5, 5.41) is 3.49. The molecule has 1 aromatic carbocycles. The Kier molecular flexibility index (Phi) is 5.88. The fourth-order valence-electron chi connectivity index (χ4n) is 4.42. The number of alkyl halides is 2. The number of imidazole rings is 1. The number of ether oxygens (including phenoxy) is 1. The van der Waals surface area contributed by atoms with Gasteiger partial charge in [-0.1, -0.05) is 12.1 Å². The van der Waals surface area contributed by atoms with Crippen LogP contribution in [-0.2, 0) is 4.74 Å². The van der Waals surface area contributed by atoms with Crippen molar-refractivity contribution in [2.45, 2.75) is 44.2 Å². The van der Waals surface area contributed by atoms with Gasteiger partial charge in [0.2, 0.25) is 5.95 Å². The Morgan fingerprint density at radius 3 is 2.53 bits per heavy atom. The van der Waals surface area contributed by atoms with Crippen molar-refractivity contribution in [3.63, 3.8) is 0 Å². The minimum Gasteiger partial charge on any atom is -0.378 e. The number of anilines is 2. The van der Waals surface area contributed by atoms with E-state index < -0.39 is 6.43 Å². The van der Waals surface area contributed by atoms with Crippen LogP contribution >= 0.6 is 0 Å². The molecule has 1 saturated heterocycles. The first kappa shape index (κ1) is 21.0. The first-order valence-electron chi connectivity index (χ1n) is 11.1. The maximum absolute atomic E-state index is 13.9. The highest BCUT2D eigenvalue weighted by Gasteiger charge is 2.25. The highest BCUT2D eigenvalue weighted by Crippen LogP contribution is 2.29. The Hall–Kier alpha value is -2.85. The molecule has 8 nitrogen and oxygen atoms in total. The first-order valence-corrected chi connectivity index (χ1v) is 11.1. The van der Waals surface area contributed by atoms with Gasteiger partial charge in [0, 0.05) is 31.2 Å². The molecule has 0 radical (unpaired) electrons. The van der Waals surface area contributed by atoms with Crippen LogP contribution in [0.4, 0.5) is 20.4 Å². The zero-order chi connectivity index (χ0) is 22.1. The SMILES string of the molecule is NC1CCC(Nc2cc(N3CCOCC3)nc(-n3c(C(F)F)nc4ccccc43)n2)CC1. The zero-order valence-corrected chi connectivity index (χ0v) is 17.8. The van der Waals surface area contributed by atoms with Crippen LogP contribution in [0.1, 0.15) is 37.9 Å². The van der Waals surface area contributed by atoms with Crippen LogP contribution in [0.25, 0.3) is 17.0 Å². The maximum Gasteiger partial charge on any atom is 0.296 e. The predicted octanol–water partition coefficient (Wildman–Crippen LogP) is 3.27. The Bertz CT molecular complexity index is 1080. The Morgan fingerprint density at radius 1 is 1.03 bits per heavy atom. The van der Waals surface area contributed by atoms with Gasteiger partial charge in [-0.15, -0.1) is 0 Å². The summed E-state index contributed by atoms with van der Waals surface area (Å²) in [6.07, 6.45) is 1.04. The topological polar surface area (TPSA) is 94.1 Å². The molecule has 3 N–H and O–H groups in total. The summed E-state index contributed by atoms with van der Waals surface area (Å²) in [6.45, 7) is 2.55. The molecule has 170 valence electrons. The van der Waals surface area contributed by atoms with Gasteiger partial charge in [-0.25, -0.2) is 13.8 Å². The molecule has 0 amide bonds. The fourth-order valence-corrected chi connectivity index (χ4v) is 4.42. The van der Waals surface area contributed by atoms with Crippen molar-refractivity contribution < 1.29 is 13.5 Å². The monoisotopic (exact) mass is 443 g/mol. The predicted molar refractivity (Wildman–Crippen MR) is 119 cm³/mol. The molecule has 2 aliphatic rings. The molecule has 3 heterocycles. The molecule has 3 aromatic rings. The van der Waals surface area contributed by atoms with Gasteiger partial charge in [0.15, 0.2) is 5.82 Å². The molecule has 0 bridgehead atoms. The van der Waals surface area contributed by atoms with Crippen molar-refractivity contribution in [2.24, 2.45) is 5.73 Å². The van der Waals surface area contributed by atoms with Crippen LogP contribution in [0.15, 0.2) is 30.3 Å². The lowest BCUT2D eigenvalue weighted by Gasteiger charge is -2.30. The van der Waals surface area contributed by atoms with E-state index in [-0.39, 0.29) is 23.9 Å². The zero-order valence-electron chi connectivity index (χ0n) is 17.8. The van der Waals surface area contributed by atoms with Crippen molar-refractivity contribution in [1.82, 2.24) is 19.5 Å². The summed E-state index contributed by atoms with van der Waals surface area (Å²) in [5.74, 6) is 1.13. The third-order valence-electron chi connectivity index (χ3n) is 6.14. The van der Waals surface area contributed by atoms with E-state index in [0.29, 0.717) is 49.0 Å². The molecule has 2 aromatic heterocycles. The third kappa shape index (κ3) is 4.24. The number of benzene rings is 1. The van der Waals surface area contributed by atoms with Crippen LogP contribution in [0, 0.1) is 0 Å². The number of nitrogens with one attached hydrogen (secondary N) is 1. The van der Waals surface area contributed by atoms with Crippen LogP contribution in [-0.4, -0.2) is 57.9 Å². The molecule has 2 fully saturated rings. The minimum atomic E-state index is -2.76. The number of hydrogen-bond acceptors (Lipinski definition) is 7. The molecule has 0 atom stereocenters. The lowest BCUT2D eigenvalue weighted by Crippen LogP contribution is -2.37. The summed E-state index contributed by atoms with van der Waals surface area (Å²) in [7, 11) is 0. The average molecular weight is 444 g/mol. The minimum absolute atomic E-state index is 0.188. The average Bonchev–Trinajstić information content (AvgIpc) is 3.21. The summed E-state index contributed by atoms with van der Waals surface area (Å²) < 4.78 is 34.7. The lowest BCUT2D eigenvalue weighted by molar-refractivity contribution is 0.122. The van der Waals surface area contributed by atoms with E-state index >= 15 is 0 Å². The highest BCUT2D eigenvalue weighted by molar-refractivity contribution is 5.77. The Labute approximate surface area is 184 Å². The van der Waals surface area contributed by atoms with Crippen molar-refractivity contribution in [2.75, 3.05) is 36.5 Å². The summed E-state index contributed by atoms with van der Waals surface area (Å²) in [4.78, 5) is 15.6. The number of nitrogens with two attached hydrogens (primary N) is 1. The number of hydrogen-bond donors (Lipinski definition) is 2. The van der Waals surface area contributed by atoms with Gasteiger partial charge in [0.25, 0.3) is 6.43 Å². The molecule has 32 heavy (non-hydrogen) atoms. The molecule has 5 rings (SSSR count). The van der Waals surface area contributed by atoms with Gasteiger partial charge in [-0.05, 0) is 37.8 Å². The molecule has 0 spiro atoms. The van der Waals surface area contributed by atoms with Gasteiger partial charge >= 0.3 is 0 Å². The van der Waals surface area contributed by atoms with Gasteiger partial charge in [0.1, 0.15) is 11.6 Å². The van der Waals surface area contributed by atoms with Crippen LogP contribution in [0.2, 0.25) is 0 Å². The van der Waals surface area contributed by atoms with Gasteiger partial charge in [0.05, 0.1) is 24.2 Å². The Balaban J connectivity index is 1.58. The molecule has 1 aliphatic carbocycles. The summed E-state index contributed by atoms with van der Waals surface area (Å²) in [6, 6.07) is 9.42. The first-order chi connectivity index (χ1) is 15.6.